The van der Waals surface area contributed by atoms with E-state index >= 15 is 0 Å². The lowest BCUT2D eigenvalue weighted by molar-refractivity contribution is -0.385. The molecule has 0 saturated heterocycles. The fraction of sp³-hybridized carbons (Fsp3) is 0.364. The number of benzene rings is 1. The summed E-state index contributed by atoms with van der Waals surface area (Å²) in [5.74, 6) is -1.17. The van der Waals surface area contributed by atoms with Crippen LogP contribution in [0, 0.1) is 17.0 Å². The fourth-order valence-corrected chi connectivity index (χ4v) is 2.92. The number of amides is 1. The molecule has 0 aliphatic heterocycles. The number of nitro benzene ring substituents is 1. The number of aryl methyl sites for hydroxylation is 1. The van der Waals surface area contributed by atoms with Gasteiger partial charge in [0.2, 0.25) is 10.0 Å². The molecule has 0 unspecified atom stereocenters. The van der Waals surface area contributed by atoms with Gasteiger partial charge in [-0.2, -0.15) is 4.72 Å². The lowest BCUT2D eigenvalue weighted by Gasteiger charge is -2.19. The van der Waals surface area contributed by atoms with Crippen LogP contribution in [0.15, 0.2) is 23.1 Å². The highest BCUT2D eigenvalue weighted by Crippen LogP contribution is 2.22. The Balaban J connectivity index is 3.21. The maximum absolute atomic E-state index is 12.1. The molecule has 1 aromatic rings. The predicted molar refractivity (Wildman–Crippen MR) is 73.6 cm³/mol. The standard InChI is InChI=1S/C11H15N3O7S/c1-6-3-4-8(5-9(6)14(18)19)22(20,21)13-10(7(2)15)11(16)12-17/h3-5,7,10,13,15,17H,1-2H3,(H,12,16)/t7-,10+/m1/s1. The number of hydrogen-bond donors (Lipinski definition) is 4. The Morgan fingerprint density at radius 1 is 1.41 bits per heavy atom. The zero-order valence-electron chi connectivity index (χ0n) is 11.7. The van der Waals surface area contributed by atoms with E-state index in [-0.39, 0.29) is 5.56 Å². The van der Waals surface area contributed by atoms with Gasteiger partial charge in [0.15, 0.2) is 0 Å². The Bertz CT molecular complexity index is 687. The van der Waals surface area contributed by atoms with Crippen molar-refractivity contribution in [3.05, 3.63) is 33.9 Å². The Morgan fingerprint density at radius 3 is 2.45 bits per heavy atom. The molecule has 0 heterocycles. The van der Waals surface area contributed by atoms with Crippen molar-refractivity contribution < 1.29 is 28.4 Å². The highest BCUT2D eigenvalue weighted by molar-refractivity contribution is 7.89. The van der Waals surface area contributed by atoms with Crippen LogP contribution in [0.2, 0.25) is 0 Å². The van der Waals surface area contributed by atoms with Crippen LogP contribution in [-0.4, -0.2) is 41.7 Å². The van der Waals surface area contributed by atoms with Crippen molar-refractivity contribution in [2.45, 2.75) is 30.9 Å². The number of rotatable bonds is 6. The van der Waals surface area contributed by atoms with Gasteiger partial charge in [-0.1, -0.05) is 6.07 Å². The number of nitro groups is 1. The van der Waals surface area contributed by atoms with E-state index in [4.69, 9.17) is 5.21 Å². The van der Waals surface area contributed by atoms with Crippen molar-refractivity contribution in [2.75, 3.05) is 0 Å². The quantitative estimate of drug-likeness (QED) is 0.308. The molecule has 2 atom stereocenters. The summed E-state index contributed by atoms with van der Waals surface area (Å²) in [6.07, 6.45) is -1.44. The molecule has 0 aliphatic carbocycles. The number of nitrogens with zero attached hydrogens (tertiary/aromatic N) is 1. The second-order valence-electron chi connectivity index (χ2n) is 4.52. The average Bonchev–Trinajstić information content (AvgIpc) is 2.43. The highest BCUT2D eigenvalue weighted by Gasteiger charge is 2.30. The molecule has 0 bridgehead atoms. The number of aliphatic hydroxyl groups is 1. The Kier molecular flexibility index (Phi) is 5.54. The summed E-state index contributed by atoms with van der Waals surface area (Å²) in [6, 6.07) is 1.56. The van der Waals surface area contributed by atoms with E-state index < -0.39 is 43.6 Å². The molecule has 4 N–H and O–H groups in total. The van der Waals surface area contributed by atoms with Gasteiger partial charge >= 0.3 is 0 Å². The summed E-state index contributed by atoms with van der Waals surface area (Å²) in [4.78, 5) is 21.0. The van der Waals surface area contributed by atoms with Gasteiger partial charge in [0.05, 0.1) is 15.9 Å². The van der Waals surface area contributed by atoms with Crippen LogP contribution in [0.25, 0.3) is 0 Å². The number of hydrogen-bond acceptors (Lipinski definition) is 7. The fourth-order valence-electron chi connectivity index (χ4n) is 1.63. The third-order valence-electron chi connectivity index (χ3n) is 2.84. The summed E-state index contributed by atoms with van der Waals surface area (Å²) in [7, 11) is -4.32. The Morgan fingerprint density at radius 2 is 2.00 bits per heavy atom. The first kappa shape index (κ1) is 18.0. The number of nitrogens with one attached hydrogen (secondary N) is 2. The molecule has 122 valence electrons. The predicted octanol–water partition coefficient (Wildman–Crippen LogP) is -0.564. The van der Waals surface area contributed by atoms with Crippen molar-refractivity contribution in [2.24, 2.45) is 0 Å². The zero-order valence-corrected chi connectivity index (χ0v) is 12.5. The van der Waals surface area contributed by atoms with Crippen molar-refractivity contribution in [1.82, 2.24) is 10.2 Å². The maximum Gasteiger partial charge on any atom is 0.273 e. The average molecular weight is 333 g/mol. The first-order chi connectivity index (χ1) is 10.1. The van der Waals surface area contributed by atoms with E-state index in [0.717, 1.165) is 19.1 Å². The second-order valence-corrected chi connectivity index (χ2v) is 6.23. The van der Waals surface area contributed by atoms with E-state index in [2.05, 4.69) is 0 Å². The molecular weight excluding hydrogens is 318 g/mol. The van der Waals surface area contributed by atoms with Gasteiger partial charge in [-0.15, -0.1) is 0 Å². The van der Waals surface area contributed by atoms with Crippen LogP contribution in [0.1, 0.15) is 12.5 Å². The first-order valence-corrected chi connectivity index (χ1v) is 7.48. The monoisotopic (exact) mass is 333 g/mol. The molecule has 0 fully saturated rings. The molecule has 0 aliphatic rings. The van der Waals surface area contributed by atoms with Gasteiger partial charge < -0.3 is 5.11 Å². The van der Waals surface area contributed by atoms with Crippen molar-refractivity contribution in [3.8, 4) is 0 Å². The van der Waals surface area contributed by atoms with Crippen LogP contribution in [-0.2, 0) is 14.8 Å². The molecule has 1 amide bonds. The van der Waals surface area contributed by atoms with E-state index in [9.17, 15) is 28.4 Å². The van der Waals surface area contributed by atoms with Crippen LogP contribution < -0.4 is 10.2 Å². The summed E-state index contributed by atoms with van der Waals surface area (Å²) in [6.45, 7) is 2.58. The SMILES string of the molecule is Cc1ccc(S(=O)(=O)N[C@H](C(=O)NO)[C@@H](C)O)cc1[N+](=O)[O-]. The van der Waals surface area contributed by atoms with Crippen LogP contribution in [0.4, 0.5) is 5.69 Å². The normalized spacial score (nSPS) is 14.2. The smallest absolute Gasteiger partial charge is 0.273 e. The molecular formula is C11H15N3O7S. The number of carbonyl (C=O) groups is 1. The third kappa shape index (κ3) is 3.98. The molecule has 1 rings (SSSR count). The number of sulfonamides is 1. The molecule has 0 aromatic heterocycles. The molecule has 0 spiro atoms. The summed E-state index contributed by atoms with van der Waals surface area (Å²) in [5, 5.41) is 28.8. The third-order valence-corrected chi connectivity index (χ3v) is 4.28. The highest BCUT2D eigenvalue weighted by atomic mass is 32.2. The van der Waals surface area contributed by atoms with Gasteiger partial charge in [-0.3, -0.25) is 20.1 Å². The minimum atomic E-state index is -4.32. The van der Waals surface area contributed by atoms with Crippen LogP contribution in [0.5, 0.6) is 0 Å². The summed E-state index contributed by atoms with van der Waals surface area (Å²) >= 11 is 0. The minimum absolute atomic E-state index is 0.268. The maximum atomic E-state index is 12.1. The van der Waals surface area contributed by atoms with Gasteiger partial charge in [0.25, 0.3) is 11.6 Å². The van der Waals surface area contributed by atoms with E-state index in [1.54, 1.807) is 0 Å². The van der Waals surface area contributed by atoms with Gasteiger partial charge in [-0.25, -0.2) is 13.9 Å². The van der Waals surface area contributed by atoms with Crippen LogP contribution >= 0.6 is 0 Å². The first-order valence-electron chi connectivity index (χ1n) is 5.99. The molecule has 1 aromatic carbocycles. The Labute approximate surface area is 125 Å². The molecule has 11 heteroatoms. The lowest BCUT2D eigenvalue weighted by Crippen LogP contribution is -2.51. The van der Waals surface area contributed by atoms with Gasteiger partial charge in [-0.05, 0) is 19.9 Å². The summed E-state index contributed by atoms with van der Waals surface area (Å²) in [5.41, 5.74) is 1.09. The minimum Gasteiger partial charge on any atom is -0.391 e. The second kappa shape index (κ2) is 6.79. The zero-order chi connectivity index (χ0) is 17.1. The molecule has 22 heavy (non-hydrogen) atoms. The van der Waals surface area contributed by atoms with Crippen molar-refractivity contribution in [1.29, 1.82) is 0 Å². The topological polar surface area (TPSA) is 159 Å². The molecule has 10 nitrogen and oxygen atoms in total. The van der Waals surface area contributed by atoms with E-state index in [1.807, 2.05) is 4.72 Å². The lowest BCUT2D eigenvalue weighted by atomic mass is 10.2. The largest absolute Gasteiger partial charge is 0.391 e. The van der Waals surface area contributed by atoms with Crippen molar-refractivity contribution >= 4 is 21.6 Å². The Hall–Kier alpha value is -2.08. The number of aliphatic hydroxyl groups excluding tert-OH is 1. The number of carbonyl (C=O) groups excluding carboxylic acids is 1. The molecule has 0 radical (unpaired) electrons. The van der Waals surface area contributed by atoms with E-state index in [0.29, 0.717) is 0 Å². The van der Waals surface area contributed by atoms with Crippen LogP contribution in [0.3, 0.4) is 0 Å². The molecule has 0 saturated carbocycles. The van der Waals surface area contributed by atoms with Gasteiger partial charge in [0.1, 0.15) is 6.04 Å². The van der Waals surface area contributed by atoms with E-state index in [1.165, 1.54) is 18.5 Å². The number of hydroxylamine groups is 1. The summed E-state index contributed by atoms with van der Waals surface area (Å²) < 4.78 is 26.2. The van der Waals surface area contributed by atoms with Crippen molar-refractivity contribution in [3.63, 3.8) is 0 Å². The van der Waals surface area contributed by atoms with Gasteiger partial charge in [0, 0.05) is 11.6 Å².